The van der Waals surface area contributed by atoms with Gasteiger partial charge in [0, 0.05) is 43.9 Å². The summed E-state index contributed by atoms with van der Waals surface area (Å²) < 4.78 is 43.9. The monoisotopic (exact) mass is 494 g/mol. The molecule has 0 aromatic carbocycles. The molecule has 11 heteroatoms. The van der Waals surface area contributed by atoms with Crippen molar-refractivity contribution in [2.24, 2.45) is 23.7 Å². The Morgan fingerprint density at radius 3 is 2.49 bits per heavy atom. The highest BCUT2D eigenvalue weighted by molar-refractivity contribution is 5.83. The fraction of sp³-hybridized carbons (Fsp3) is 0.500. The van der Waals surface area contributed by atoms with Crippen molar-refractivity contribution in [1.82, 2.24) is 19.7 Å². The molecule has 2 aromatic heterocycles. The second-order valence-corrected chi connectivity index (χ2v) is 9.40. The zero-order chi connectivity index (χ0) is 26.6. The average molecular weight is 495 g/mol. The Labute approximate surface area is 202 Å². The number of carbonyl (C=O) groups excluding carboxylic acids is 1. The van der Waals surface area contributed by atoms with Gasteiger partial charge in [0.05, 0.1) is 17.8 Å². The van der Waals surface area contributed by atoms with E-state index in [1.807, 2.05) is 0 Å². The molecular formula is C24H33F3N6O2. The molecule has 0 spiro atoms. The molecule has 2 heterocycles. The van der Waals surface area contributed by atoms with Crippen LogP contribution < -0.4 is 16.6 Å². The molecule has 8 nitrogen and oxygen atoms in total. The van der Waals surface area contributed by atoms with Gasteiger partial charge in [-0.05, 0) is 51.1 Å². The molecule has 0 saturated heterocycles. The van der Waals surface area contributed by atoms with Gasteiger partial charge in [-0.1, -0.05) is 6.92 Å². The van der Waals surface area contributed by atoms with Crippen LogP contribution >= 0.6 is 0 Å². The molecule has 2 rings (SSSR count). The minimum atomic E-state index is -3.17. The Morgan fingerprint density at radius 1 is 1.29 bits per heavy atom. The van der Waals surface area contributed by atoms with Crippen molar-refractivity contribution >= 4 is 12.1 Å². The maximum absolute atomic E-state index is 14.1. The van der Waals surface area contributed by atoms with Gasteiger partial charge in [-0.15, -0.1) is 0 Å². The van der Waals surface area contributed by atoms with Crippen LogP contribution in [0.15, 0.2) is 46.0 Å². The topological polar surface area (TPSA) is 107 Å². The zero-order valence-corrected chi connectivity index (χ0v) is 20.8. The van der Waals surface area contributed by atoms with Crippen LogP contribution in [0.1, 0.15) is 46.7 Å². The second kappa shape index (κ2) is 10.9. The van der Waals surface area contributed by atoms with E-state index in [0.717, 1.165) is 6.92 Å². The van der Waals surface area contributed by atoms with E-state index in [4.69, 9.17) is 5.73 Å². The molecule has 35 heavy (non-hydrogen) atoms. The van der Waals surface area contributed by atoms with Crippen LogP contribution in [0.5, 0.6) is 0 Å². The minimum Gasteiger partial charge on any atom is -0.404 e. The summed E-state index contributed by atoms with van der Waals surface area (Å²) in [5.41, 5.74) is 5.46. The average Bonchev–Trinajstić information content (AvgIpc) is 3.15. The Bertz CT molecular complexity index is 1160. The summed E-state index contributed by atoms with van der Waals surface area (Å²) in [7, 11) is 1.57. The molecule has 192 valence electrons. The van der Waals surface area contributed by atoms with Gasteiger partial charge in [-0.25, -0.2) is 4.39 Å². The number of hydrogen-bond donors (Lipinski definition) is 2. The molecule has 2 unspecified atom stereocenters. The number of halogens is 3. The minimum absolute atomic E-state index is 0.0835. The molecule has 2 aromatic rings. The van der Waals surface area contributed by atoms with E-state index in [1.54, 1.807) is 40.1 Å². The lowest BCUT2D eigenvalue weighted by Crippen LogP contribution is -2.48. The number of pyridine rings is 1. The maximum Gasteiger partial charge on any atom is 0.288 e. The number of aliphatic imine (C=N–C) groups is 1. The molecule has 0 aliphatic rings. The van der Waals surface area contributed by atoms with E-state index in [0.29, 0.717) is 16.8 Å². The van der Waals surface area contributed by atoms with Crippen molar-refractivity contribution in [2.75, 3.05) is 0 Å². The van der Waals surface area contributed by atoms with Gasteiger partial charge in [0.15, 0.2) is 6.30 Å². The number of aromatic nitrogens is 3. The Hall–Kier alpha value is -3.37. The highest BCUT2D eigenvalue weighted by Gasteiger charge is 2.32. The molecular weight excluding hydrogens is 461 g/mol. The van der Waals surface area contributed by atoms with Gasteiger partial charge in [0.1, 0.15) is 5.69 Å². The quantitative estimate of drug-likeness (QED) is 0.389. The van der Waals surface area contributed by atoms with E-state index in [-0.39, 0.29) is 24.4 Å². The van der Waals surface area contributed by atoms with Crippen molar-refractivity contribution in [3.8, 4) is 11.3 Å². The van der Waals surface area contributed by atoms with E-state index in [1.165, 1.54) is 40.7 Å². The Kier molecular flexibility index (Phi) is 8.69. The van der Waals surface area contributed by atoms with E-state index in [2.05, 4.69) is 15.4 Å². The van der Waals surface area contributed by atoms with Crippen LogP contribution in [0.2, 0.25) is 0 Å². The number of alkyl halides is 3. The molecule has 0 aliphatic carbocycles. The van der Waals surface area contributed by atoms with Crippen molar-refractivity contribution in [2.45, 2.75) is 65.3 Å². The number of rotatable bonds is 10. The smallest absolute Gasteiger partial charge is 0.288 e. The summed E-state index contributed by atoms with van der Waals surface area (Å²) in [5.74, 6) is -3.98. The fourth-order valence-corrected chi connectivity index (χ4v) is 3.41. The van der Waals surface area contributed by atoms with Crippen molar-refractivity contribution in [3.05, 3.63) is 52.2 Å². The van der Waals surface area contributed by atoms with Gasteiger partial charge in [0.2, 0.25) is 11.5 Å². The molecule has 0 bridgehead atoms. The summed E-state index contributed by atoms with van der Waals surface area (Å²) in [6.07, 6.45) is 2.97. The zero-order valence-electron chi connectivity index (χ0n) is 20.8. The molecule has 0 aliphatic heterocycles. The molecule has 2 atom stereocenters. The number of allylic oxidation sites excluding steroid dienone is 1. The largest absolute Gasteiger partial charge is 0.404 e. The standard InChI is InChI=1S/C24H33F3N6O2/c1-15(9-17(11-28)12-29-16(2)25)22(35)30-23(3,4)14-33-19(10-20(31-33)24(5,26)27)18-7-8-21(34)32(6)13-18/h7-8,10-13,15-16H,9,14,28H2,1-6H3,(H,30,35)/b17-11-,29-12+. The maximum atomic E-state index is 14.1. The van der Waals surface area contributed by atoms with Crippen LogP contribution in [-0.2, 0) is 24.3 Å². The number of hydrogen-bond acceptors (Lipinski definition) is 5. The first-order valence-corrected chi connectivity index (χ1v) is 11.2. The van der Waals surface area contributed by atoms with Crippen LogP contribution in [0, 0.1) is 5.92 Å². The predicted molar refractivity (Wildman–Crippen MR) is 130 cm³/mol. The number of aryl methyl sites for hydroxylation is 1. The van der Waals surface area contributed by atoms with Crippen LogP contribution in [-0.4, -0.2) is 38.3 Å². The van der Waals surface area contributed by atoms with E-state index in [9.17, 15) is 22.8 Å². The first-order valence-electron chi connectivity index (χ1n) is 11.2. The van der Waals surface area contributed by atoms with E-state index >= 15 is 0 Å². The van der Waals surface area contributed by atoms with Crippen molar-refractivity contribution < 1.29 is 18.0 Å². The third kappa shape index (κ3) is 7.83. The van der Waals surface area contributed by atoms with Crippen LogP contribution in [0.4, 0.5) is 13.2 Å². The molecule has 0 fully saturated rings. The number of nitrogens with two attached hydrogens (primary N) is 1. The number of amides is 1. The number of nitrogens with zero attached hydrogens (tertiary/aromatic N) is 4. The molecule has 1 amide bonds. The molecule has 0 saturated carbocycles. The first kappa shape index (κ1) is 27.9. The van der Waals surface area contributed by atoms with Gasteiger partial charge in [-0.3, -0.25) is 19.3 Å². The molecule has 3 N–H and O–H groups in total. The van der Waals surface area contributed by atoms with Crippen molar-refractivity contribution in [1.29, 1.82) is 0 Å². The highest BCUT2D eigenvalue weighted by atomic mass is 19.3. The van der Waals surface area contributed by atoms with Crippen LogP contribution in [0.3, 0.4) is 0 Å². The third-order valence-electron chi connectivity index (χ3n) is 5.27. The Balaban J connectivity index is 2.27. The number of nitrogens with one attached hydrogen (secondary N) is 1. The summed E-state index contributed by atoms with van der Waals surface area (Å²) in [5, 5.41) is 7.02. The second-order valence-electron chi connectivity index (χ2n) is 9.40. The fourth-order valence-electron chi connectivity index (χ4n) is 3.41. The molecule has 0 radical (unpaired) electrons. The normalized spacial score (nSPS) is 14.8. The highest BCUT2D eigenvalue weighted by Crippen LogP contribution is 2.30. The van der Waals surface area contributed by atoms with Gasteiger partial charge < -0.3 is 15.6 Å². The van der Waals surface area contributed by atoms with Gasteiger partial charge in [0.25, 0.3) is 5.92 Å². The first-order chi connectivity index (χ1) is 16.1. The third-order valence-corrected chi connectivity index (χ3v) is 5.27. The summed E-state index contributed by atoms with van der Waals surface area (Å²) in [6, 6.07) is 4.17. The summed E-state index contributed by atoms with van der Waals surface area (Å²) >= 11 is 0. The number of carbonyl (C=O) groups is 1. The van der Waals surface area contributed by atoms with Crippen LogP contribution in [0.25, 0.3) is 11.3 Å². The lowest BCUT2D eigenvalue weighted by molar-refractivity contribution is -0.126. The SMILES string of the molecule is CC(F)/N=C/C(=C\N)CC(C)C(=O)NC(C)(C)Cn1nc(C(C)(F)F)cc1-c1ccc(=O)n(C)c1. The lowest BCUT2D eigenvalue weighted by atomic mass is 9.98. The van der Waals surface area contributed by atoms with Gasteiger partial charge >= 0.3 is 0 Å². The van der Waals surface area contributed by atoms with E-state index < -0.39 is 29.4 Å². The Morgan fingerprint density at radius 2 is 1.94 bits per heavy atom. The summed E-state index contributed by atoms with van der Waals surface area (Å²) in [6.45, 7) is 7.32. The summed E-state index contributed by atoms with van der Waals surface area (Å²) in [4.78, 5) is 28.3. The van der Waals surface area contributed by atoms with Gasteiger partial charge in [-0.2, -0.15) is 13.9 Å². The predicted octanol–water partition coefficient (Wildman–Crippen LogP) is 3.51. The van der Waals surface area contributed by atoms with Crippen molar-refractivity contribution in [3.63, 3.8) is 0 Å². The lowest BCUT2D eigenvalue weighted by Gasteiger charge is -2.29.